The number of nitrogens with zero attached hydrogens (tertiary/aromatic N) is 6. The lowest BCUT2D eigenvalue weighted by atomic mass is 9.84. The Labute approximate surface area is 303 Å². The van der Waals surface area contributed by atoms with E-state index in [0.29, 0.717) is 29.7 Å². The van der Waals surface area contributed by atoms with Crippen LogP contribution in [0.4, 0.5) is 22.2 Å². The van der Waals surface area contributed by atoms with Gasteiger partial charge in [-0.25, -0.2) is 19.4 Å². The molecule has 262 valence electrons. The van der Waals surface area contributed by atoms with Gasteiger partial charge in [0.25, 0.3) is 0 Å². The average Bonchev–Trinajstić information content (AvgIpc) is 3.64. The first-order valence-corrected chi connectivity index (χ1v) is 18.7. The van der Waals surface area contributed by atoms with Crippen LogP contribution in [0.3, 0.4) is 0 Å². The van der Waals surface area contributed by atoms with Gasteiger partial charge in [-0.1, -0.05) is 50.6 Å². The highest BCUT2D eigenvalue weighted by atomic mass is 79.9. The second-order valence-electron chi connectivity index (χ2n) is 15.3. The van der Waals surface area contributed by atoms with Gasteiger partial charge in [-0.05, 0) is 104 Å². The minimum Gasteiger partial charge on any atom is -0.341 e. The van der Waals surface area contributed by atoms with Crippen LogP contribution in [0.5, 0.6) is 0 Å². The zero-order valence-electron chi connectivity index (χ0n) is 29.4. The second kappa shape index (κ2) is 14.2. The molecule has 3 aliphatic heterocycles. The number of piperidine rings is 2. The lowest BCUT2D eigenvalue weighted by Gasteiger charge is -2.42. The van der Waals surface area contributed by atoms with Gasteiger partial charge < -0.3 is 15.1 Å². The maximum absolute atomic E-state index is 13.8. The Hall–Kier alpha value is -4.25. The van der Waals surface area contributed by atoms with Gasteiger partial charge in [0.05, 0.1) is 15.9 Å². The van der Waals surface area contributed by atoms with Crippen molar-refractivity contribution in [2.45, 2.75) is 90.1 Å². The highest BCUT2D eigenvalue weighted by Crippen LogP contribution is 2.41. The number of aromatic nitrogens is 4. The molecule has 50 heavy (non-hydrogen) atoms. The molecule has 2 aromatic heterocycles. The van der Waals surface area contributed by atoms with Crippen molar-refractivity contribution in [3.8, 4) is 5.69 Å². The van der Waals surface area contributed by atoms with Crippen LogP contribution < -0.4 is 15.5 Å². The van der Waals surface area contributed by atoms with Gasteiger partial charge in [-0.15, -0.1) is 0 Å². The van der Waals surface area contributed by atoms with E-state index >= 15 is 0 Å². The molecule has 5 heterocycles. The summed E-state index contributed by atoms with van der Waals surface area (Å²) in [6.07, 6.45) is 10.6. The van der Waals surface area contributed by atoms with Crippen molar-refractivity contribution < 1.29 is 9.59 Å². The van der Waals surface area contributed by atoms with Crippen LogP contribution in [-0.2, 0) is 16.6 Å². The molecule has 0 spiro atoms. The van der Waals surface area contributed by atoms with E-state index in [1.54, 1.807) is 17.1 Å². The molecule has 7 rings (SSSR count). The first kappa shape index (κ1) is 34.2. The van der Waals surface area contributed by atoms with Gasteiger partial charge in [-0.2, -0.15) is 5.10 Å². The molecule has 2 aromatic carbocycles. The second-order valence-corrected chi connectivity index (χ2v) is 16.2. The third-order valence-electron chi connectivity index (χ3n) is 10.6. The minimum absolute atomic E-state index is 0.0855. The van der Waals surface area contributed by atoms with Gasteiger partial charge in [0.2, 0.25) is 11.9 Å². The Morgan fingerprint density at radius 2 is 1.52 bits per heavy atom. The number of rotatable bonds is 7. The van der Waals surface area contributed by atoms with Crippen LogP contribution in [0.2, 0.25) is 0 Å². The Balaban J connectivity index is 0.919. The number of hydrogen-bond acceptors (Lipinski definition) is 6. The summed E-state index contributed by atoms with van der Waals surface area (Å²) in [4.78, 5) is 40.3. The molecule has 3 amide bonds. The van der Waals surface area contributed by atoms with E-state index in [1.165, 1.54) is 5.56 Å². The van der Waals surface area contributed by atoms with Crippen LogP contribution in [0.25, 0.3) is 5.69 Å². The molecule has 2 atom stereocenters. The molecule has 3 saturated heterocycles. The minimum atomic E-state index is -0.313. The number of fused-ring (bicyclic) bond motifs is 2. The first-order valence-electron chi connectivity index (χ1n) is 17.9. The Morgan fingerprint density at radius 3 is 2.14 bits per heavy atom. The van der Waals surface area contributed by atoms with E-state index in [4.69, 9.17) is 5.10 Å². The predicted molar refractivity (Wildman–Crippen MR) is 201 cm³/mol. The van der Waals surface area contributed by atoms with E-state index in [0.717, 1.165) is 91.1 Å². The smallest absolute Gasteiger partial charge is 0.324 e. The van der Waals surface area contributed by atoms with Gasteiger partial charge in [0, 0.05) is 60.7 Å². The standard InChI is InChI=1S/C39H47BrN8O2/c1-25-5-11-31(12-6-25)48-35(22-34(45-48)39(2,3)4)44-38(50)43-30-9-7-26(8-10-30)19-27-20-32-13-14-33(21-27)47(32)36(49)28-15-17-46(18-16-28)37-41-23-29(40)24-42-37/h5-12,22-24,27-28,32-33H,13-21H2,1-4H3,(H2,43,44,50). The maximum atomic E-state index is 13.8. The normalized spacial score (nSPS) is 20.9. The summed E-state index contributed by atoms with van der Waals surface area (Å²) in [7, 11) is 0. The summed E-state index contributed by atoms with van der Waals surface area (Å²) in [6, 6.07) is 18.6. The highest BCUT2D eigenvalue weighted by Gasteiger charge is 2.45. The number of urea groups is 1. The van der Waals surface area contributed by atoms with Crippen molar-refractivity contribution in [2.75, 3.05) is 28.6 Å². The van der Waals surface area contributed by atoms with Crippen LogP contribution in [0, 0.1) is 18.8 Å². The van der Waals surface area contributed by atoms with Gasteiger partial charge in [0.15, 0.2) is 0 Å². The predicted octanol–water partition coefficient (Wildman–Crippen LogP) is 7.90. The lowest BCUT2D eigenvalue weighted by Crippen LogP contribution is -2.51. The molecule has 2 N–H and O–H groups in total. The van der Waals surface area contributed by atoms with E-state index in [9.17, 15) is 9.59 Å². The summed E-state index contributed by atoms with van der Waals surface area (Å²) >= 11 is 3.40. The molecular weight excluding hydrogens is 692 g/mol. The number of aryl methyl sites for hydroxylation is 1. The number of amides is 3. The summed E-state index contributed by atoms with van der Waals surface area (Å²) in [5.74, 6) is 2.35. The largest absolute Gasteiger partial charge is 0.341 e. The molecule has 10 nitrogen and oxygen atoms in total. The third-order valence-corrected chi connectivity index (χ3v) is 11.0. The SMILES string of the molecule is Cc1ccc(-n2nc(C(C)(C)C)cc2NC(=O)Nc2ccc(CC3CC4CCC(C3)N4C(=O)C3CCN(c4ncc(Br)cn4)CC3)cc2)cc1. The van der Waals surface area contributed by atoms with Crippen LogP contribution >= 0.6 is 15.9 Å². The number of halogens is 1. The third kappa shape index (κ3) is 7.57. The molecule has 3 fully saturated rings. The van der Waals surface area contributed by atoms with Gasteiger partial charge in [0.1, 0.15) is 5.82 Å². The van der Waals surface area contributed by atoms with E-state index < -0.39 is 0 Å². The number of carbonyl (C=O) groups is 2. The number of anilines is 3. The van der Waals surface area contributed by atoms with E-state index in [-0.39, 0.29) is 17.4 Å². The first-order chi connectivity index (χ1) is 24.0. The van der Waals surface area contributed by atoms with Crippen molar-refractivity contribution >= 4 is 45.3 Å². The van der Waals surface area contributed by atoms with Crippen molar-refractivity contribution in [1.82, 2.24) is 24.6 Å². The monoisotopic (exact) mass is 738 g/mol. The zero-order valence-corrected chi connectivity index (χ0v) is 31.0. The Kier molecular flexibility index (Phi) is 9.69. The fourth-order valence-electron chi connectivity index (χ4n) is 7.88. The molecule has 2 unspecified atom stereocenters. The van der Waals surface area contributed by atoms with Crippen molar-refractivity contribution in [3.63, 3.8) is 0 Å². The molecule has 0 saturated carbocycles. The molecule has 2 bridgehead atoms. The number of nitrogens with one attached hydrogen (secondary N) is 2. The number of hydrogen-bond donors (Lipinski definition) is 2. The van der Waals surface area contributed by atoms with Crippen molar-refractivity contribution in [1.29, 1.82) is 0 Å². The summed E-state index contributed by atoms with van der Waals surface area (Å²) in [6.45, 7) is 10.0. The summed E-state index contributed by atoms with van der Waals surface area (Å²) < 4.78 is 2.66. The van der Waals surface area contributed by atoms with Gasteiger partial charge in [-0.3, -0.25) is 10.1 Å². The molecule has 0 aliphatic carbocycles. The average molecular weight is 740 g/mol. The zero-order chi connectivity index (χ0) is 35.0. The molecular formula is C39H47BrN8O2. The van der Waals surface area contributed by atoms with Crippen LogP contribution in [0.1, 0.15) is 76.1 Å². The van der Waals surface area contributed by atoms with E-state index in [1.807, 2.05) is 42.5 Å². The topological polar surface area (TPSA) is 108 Å². The Bertz CT molecular complexity index is 1790. The molecule has 0 radical (unpaired) electrons. The quantitative estimate of drug-likeness (QED) is 0.200. The molecule has 11 heteroatoms. The highest BCUT2D eigenvalue weighted by molar-refractivity contribution is 9.10. The molecule has 4 aromatic rings. The fraction of sp³-hybridized carbons (Fsp3) is 0.462. The van der Waals surface area contributed by atoms with Crippen molar-refractivity contribution in [3.05, 3.63) is 88.3 Å². The van der Waals surface area contributed by atoms with Crippen LogP contribution in [-0.4, -0.2) is 61.8 Å². The Morgan fingerprint density at radius 1 is 0.880 bits per heavy atom. The van der Waals surface area contributed by atoms with Crippen LogP contribution in [0.15, 0.2) is 71.5 Å². The van der Waals surface area contributed by atoms with Crippen molar-refractivity contribution in [2.24, 2.45) is 11.8 Å². The maximum Gasteiger partial charge on any atom is 0.324 e. The fourth-order valence-corrected chi connectivity index (χ4v) is 8.08. The number of benzene rings is 2. The van der Waals surface area contributed by atoms with E-state index in [2.05, 4.69) is 86.2 Å². The van der Waals surface area contributed by atoms with Gasteiger partial charge >= 0.3 is 6.03 Å². The lowest BCUT2D eigenvalue weighted by molar-refractivity contribution is -0.141. The molecule has 3 aliphatic rings. The summed E-state index contributed by atoms with van der Waals surface area (Å²) in [5, 5.41) is 10.8. The summed E-state index contributed by atoms with van der Waals surface area (Å²) in [5.41, 5.74) is 4.78. The number of carbonyl (C=O) groups excluding carboxylic acids is 2.